The average Bonchev–Trinajstić information content (AvgIpc) is 3.04. The van der Waals surface area contributed by atoms with E-state index in [4.69, 9.17) is 10.5 Å². The topological polar surface area (TPSA) is 89.6 Å². The minimum absolute atomic E-state index is 0.0680. The molecule has 0 bridgehead atoms. The van der Waals surface area contributed by atoms with E-state index >= 15 is 0 Å². The maximum atomic E-state index is 13.4. The summed E-state index contributed by atoms with van der Waals surface area (Å²) in [7, 11) is 0. The van der Waals surface area contributed by atoms with Crippen LogP contribution in [0.2, 0.25) is 0 Å². The summed E-state index contributed by atoms with van der Waals surface area (Å²) >= 11 is 0. The summed E-state index contributed by atoms with van der Waals surface area (Å²) in [4.78, 5) is 24.2. The van der Waals surface area contributed by atoms with Gasteiger partial charge < -0.3 is 15.6 Å². The second-order valence-corrected chi connectivity index (χ2v) is 11.9. The van der Waals surface area contributed by atoms with Crippen molar-refractivity contribution in [3.05, 3.63) is 0 Å². The van der Waals surface area contributed by atoms with E-state index < -0.39 is 0 Å². The van der Waals surface area contributed by atoms with Crippen LogP contribution in [-0.4, -0.2) is 35.6 Å². The number of nitrogens with two attached hydrogens (primary N) is 1. The van der Waals surface area contributed by atoms with Crippen LogP contribution in [0.5, 0.6) is 0 Å². The number of aliphatic hydroxyl groups is 1. The lowest BCUT2D eigenvalue weighted by molar-refractivity contribution is -0.193. The molecule has 1 amide bonds. The van der Waals surface area contributed by atoms with Crippen molar-refractivity contribution in [2.45, 2.75) is 116 Å². The van der Waals surface area contributed by atoms with Crippen molar-refractivity contribution >= 4 is 11.7 Å². The van der Waals surface area contributed by atoms with Gasteiger partial charge in [0.2, 0.25) is 5.91 Å². The van der Waals surface area contributed by atoms with Crippen LogP contribution in [0.15, 0.2) is 0 Å². The van der Waals surface area contributed by atoms with Crippen LogP contribution in [0.25, 0.3) is 0 Å². The molecule has 0 aromatic carbocycles. The van der Waals surface area contributed by atoms with Crippen LogP contribution in [-0.2, 0) is 14.3 Å². The zero-order valence-corrected chi connectivity index (χ0v) is 20.3. The van der Waals surface area contributed by atoms with Gasteiger partial charge in [0.1, 0.15) is 5.78 Å². The largest absolute Gasteiger partial charge is 0.393 e. The van der Waals surface area contributed by atoms with Crippen molar-refractivity contribution in [3.63, 3.8) is 0 Å². The first kappa shape index (κ1) is 24.2. The number of hydrogen-bond donors (Lipinski definition) is 2. The van der Waals surface area contributed by atoms with Gasteiger partial charge >= 0.3 is 0 Å². The molecule has 5 nitrogen and oxygen atoms in total. The number of unbranched alkanes of at least 4 members (excludes halogenated alkanes) is 4. The van der Waals surface area contributed by atoms with Crippen LogP contribution in [0.3, 0.4) is 0 Å². The Labute approximate surface area is 194 Å². The van der Waals surface area contributed by atoms with Gasteiger partial charge in [-0.15, -0.1) is 0 Å². The highest BCUT2D eigenvalue weighted by molar-refractivity contribution is 5.86. The molecular weight excluding hydrogens is 402 g/mol. The third kappa shape index (κ3) is 4.29. The standard InChI is InChI=1S/C27H45NO4/c1-26-17-21(32-16-7-5-3-4-6-11-24(28)31)25-19(20(26)14-15-22(26)29)13-12-18-9-8-10-23(30)27(18,25)2/h18-22,25,29H,3-17H2,1-2H3,(H2,28,31)/t18-,19+,20+,21+,22+,25-,26+,27-/m1/s1. The predicted molar refractivity (Wildman–Crippen MR) is 125 cm³/mol. The normalized spacial score (nSPS) is 43.4. The Morgan fingerprint density at radius 2 is 1.81 bits per heavy atom. The molecule has 0 aromatic rings. The van der Waals surface area contributed by atoms with Gasteiger partial charge in [0, 0.05) is 30.8 Å². The number of aliphatic hydroxyl groups excluding tert-OH is 1. The van der Waals surface area contributed by atoms with E-state index in [1.165, 1.54) is 19.3 Å². The number of carbonyl (C=O) groups is 2. The SMILES string of the molecule is C[C@]12C[C@H](OCCCCCCCC(N)=O)[C@H]3[C@@H](CC[C@H]4CCCC(=O)[C@@]43C)[C@@H]1CC[C@@H]2O. The van der Waals surface area contributed by atoms with Gasteiger partial charge in [0.15, 0.2) is 0 Å². The van der Waals surface area contributed by atoms with Crippen molar-refractivity contribution < 1.29 is 19.4 Å². The summed E-state index contributed by atoms with van der Waals surface area (Å²) in [6, 6.07) is 0. The molecule has 3 N–H and O–H groups in total. The fourth-order valence-electron chi connectivity index (χ4n) is 8.46. The molecule has 4 fully saturated rings. The van der Waals surface area contributed by atoms with E-state index in [1.807, 2.05) is 0 Å². The molecule has 0 radical (unpaired) electrons. The third-order valence-corrected chi connectivity index (χ3v) is 10.2. The molecule has 0 aromatic heterocycles. The maximum absolute atomic E-state index is 13.4. The molecule has 0 unspecified atom stereocenters. The first-order valence-corrected chi connectivity index (χ1v) is 13.4. The molecule has 4 saturated carbocycles. The molecule has 0 heterocycles. The second-order valence-electron chi connectivity index (χ2n) is 11.9. The highest BCUT2D eigenvalue weighted by Crippen LogP contribution is 2.66. The number of primary amides is 1. The van der Waals surface area contributed by atoms with Gasteiger partial charge in [0.05, 0.1) is 12.2 Å². The average molecular weight is 448 g/mol. The Morgan fingerprint density at radius 1 is 1.06 bits per heavy atom. The van der Waals surface area contributed by atoms with Gasteiger partial charge in [0.25, 0.3) is 0 Å². The Kier molecular flexibility index (Phi) is 7.36. The Bertz CT molecular complexity index is 695. The lowest BCUT2D eigenvalue weighted by Crippen LogP contribution is -2.61. The molecule has 8 atom stereocenters. The number of carbonyl (C=O) groups excluding carboxylic acids is 2. The van der Waals surface area contributed by atoms with Gasteiger partial charge in [-0.3, -0.25) is 9.59 Å². The summed E-state index contributed by atoms with van der Waals surface area (Å²) in [6.45, 7) is 5.30. The highest BCUT2D eigenvalue weighted by Gasteiger charge is 2.65. The summed E-state index contributed by atoms with van der Waals surface area (Å²) in [6.07, 6.45) is 13.7. The van der Waals surface area contributed by atoms with Crippen LogP contribution in [0.4, 0.5) is 0 Å². The number of rotatable bonds is 9. The van der Waals surface area contributed by atoms with Crippen molar-refractivity contribution in [2.24, 2.45) is 40.2 Å². The number of hydrogen-bond acceptors (Lipinski definition) is 4. The van der Waals surface area contributed by atoms with Crippen LogP contribution < -0.4 is 5.73 Å². The van der Waals surface area contributed by atoms with Gasteiger partial charge in [-0.25, -0.2) is 0 Å². The van der Waals surface area contributed by atoms with E-state index in [2.05, 4.69) is 13.8 Å². The van der Waals surface area contributed by atoms with Gasteiger partial charge in [-0.2, -0.15) is 0 Å². The smallest absolute Gasteiger partial charge is 0.217 e. The third-order valence-electron chi connectivity index (χ3n) is 10.2. The fraction of sp³-hybridized carbons (Fsp3) is 0.926. The van der Waals surface area contributed by atoms with Crippen LogP contribution in [0.1, 0.15) is 104 Å². The molecular formula is C27H45NO4. The Morgan fingerprint density at radius 3 is 2.59 bits per heavy atom. The summed E-state index contributed by atoms with van der Waals surface area (Å²) in [5.41, 5.74) is 4.91. The molecule has 182 valence electrons. The lowest BCUT2D eigenvalue weighted by atomic mass is 9.44. The van der Waals surface area contributed by atoms with E-state index in [9.17, 15) is 14.7 Å². The molecule has 4 aliphatic carbocycles. The van der Waals surface area contributed by atoms with E-state index in [-0.39, 0.29) is 28.9 Å². The highest BCUT2D eigenvalue weighted by atomic mass is 16.5. The quantitative estimate of drug-likeness (QED) is 0.498. The monoisotopic (exact) mass is 447 g/mol. The molecule has 32 heavy (non-hydrogen) atoms. The first-order valence-electron chi connectivity index (χ1n) is 13.4. The molecule has 5 heteroatoms. The minimum Gasteiger partial charge on any atom is -0.393 e. The molecule has 0 aliphatic heterocycles. The molecule has 4 aliphatic rings. The van der Waals surface area contributed by atoms with Crippen molar-refractivity contribution in [3.8, 4) is 0 Å². The summed E-state index contributed by atoms with van der Waals surface area (Å²) < 4.78 is 6.64. The maximum Gasteiger partial charge on any atom is 0.217 e. The van der Waals surface area contributed by atoms with E-state index in [0.717, 1.165) is 70.8 Å². The van der Waals surface area contributed by atoms with Crippen molar-refractivity contribution in [1.82, 2.24) is 0 Å². The molecule has 0 spiro atoms. The number of Topliss-reactive ketones (excluding diaryl/α,β-unsaturated/α-hetero) is 1. The minimum atomic E-state index is -0.241. The number of ether oxygens (including phenoxy) is 1. The fourth-order valence-corrected chi connectivity index (χ4v) is 8.46. The Balaban J connectivity index is 1.43. The number of fused-ring (bicyclic) bond motifs is 5. The molecule has 0 saturated heterocycles. The number of amides is 1. The summed E-state index contributed by atoms with van der Waals surface area (Å²) in [5.74, 6) is 2.13. The van der Waals surface area contributed by atoms with Crippen molar-refractivity contribution in [1.29, 1.82) is 0 Å². The van der Waals surface area contributed by atoms with E-state index in [0.29, 0.717) is 35.9 Å². The zero-order chi connectivity index (χ0) is 22.9. The second kappa shape index (κ2) is 9.74. The Hall–Kier alpha value is -0.940. The predicted octanol–water partition coefficient (Wildman–Crippen LogP) is 4.78. The summed E-state index contributed by atoms with van der Waals surface area (Å²) in [5, 5.41) is 10.9. The lowest BCUT2D eigenvalue weighted by Gasteiger charge is -2.61. The van der Waals surface area contributed by atoms with Gasteiger partial charge in [-0.05, 0) is 81.0 Å². The number of ketones is 1. The van der Waals surface area contributed by atoms with Crippen LogP contribution >= 0.6 is 0 Å². The van der Waals surface area contributed by atoms with Gasteiger partial charge in [-0.1, -0.05) is 33.1 Å². The van der Waals surface area contributed by atoms with Crippen molar-refractivity contribution in [2.75, 3.05) is 6.61 Å². The zero-order valence-electron chi connectivity index (χ0n) is 20.3. The molecule has 4 rings (SSSR count). The van der Waals surface area contributed by atoms with E-state index in [1.54, 1.807) is 0 Å². The first-order chi connectivity index (χ1) is 15.3. The van der Waals surface area contributed by atoms with Crippen LogP contribution in [0, 0.1) is 34.5 Å².